The molecule has 2 aromatic rings. The number of rotatable bonds is 5. The lowest BCUT2D eigenvalue weighted by Crippen LogP contribution is -2.14. The molecule has 4 nitrogen and oxygen atoms in total. The molecule has 110 valence electrons. The van der Waals surface area contributed by atoms with Gasteiger partial charge in [0.25, 0.3) is 0 Å². The summed E-state index contributed by atoms with van der Waals surface area (Å²) >= 11 is 1.58. The van der Waals surface area contributed by atoms with Crippen LogP contribution in [0.1, 0.15) is 18.2 Å². The number of amides is 2. The van der Waals surface area contributed by atoms with E-state index >= 15 is 0 Å². The molecule has 2 rings (SSSR count). The van der Waals surface area contributed by atoms with Crippen LogP contribution >= 0.6 is 11.3 Å². The lowest BCUT2D eigenvalue weighted by molar-refractivity contribution is -0.116. The molecule has 1 heterocycles. The van der Waals surface area contributed by atoms with Gasteiger partial charge < -0.3 is 10.6 Å². The third-order valence-electron chi connectivity index (χ3n) is 2.74. The lowest BCUT2D eigenvalue weighted by Gasteiger charge is -2.09. The zero-order valence-electron chi connectivity index (χ0n) is 11.5. The number of benzene rings is 1. The molecular formula is C15H15FN2O2S. The third-order valence-corrected chi connectivity index (χ3v) is 3.68. The Balaban J connectivity index is 1.97. The molecule has 0 radical (unpaired) electrons. The van der Waals surface area contributed by atoms with Gasteiger partial charge >= 0.3 is 0 Å². The molecule has 6 heteroatoms. The number of hydrogen-bond acceptors (Lipinski definition) is 3. The first-order chi connectivity index (χ1) is 10.0. The van der Waals surface area contributed by atoms with E-state index in [0.717, 1.165) is 4.88 Å². The van der Waals surface area contributed by atoms with Gasteiger partial charge in [0.15, 0.2) is 0 Å². The average Bonchev–Trinajstić information content (AvgIpc) is 2.93. The van der Waals surface area contributed by atoms with E-state index in [0.29, 0.717) is 12.1 Å². The second kappa shape index (κ2) is 6.99. The van der Waals surface area contributed by atoms with Crippen LogP contribution in [0.5, 0.6) is 0 Å². The molecule has 0 atom stereocenters. The highest BCUT2D eigenvalue weighted by atomic mass is 32.1. The standard InChI is InChI=1S/C15H15FN2O2S/c1-10(19)17-11-4-6-13(16)14(9-11)18-15(20)7-5-12-3-2-8-21-12/h2-4,6,8-9H,5,7H2,1H3,(H,17,19)(H,18,20). The Morgan fingerprint density at radius 2 is 2.05 bits per heavy atom. The summed E-state index contributed by atoms with van der Waals surface area (Å²) in [5.74, 6) is -1.05. The fraction of sp³-hybridized carbons (Fsp3) is 0.200. The lowest BCUT2D eigenvalue weighted by atomic mass is 10.2. The molecule has 21 heavy (non-hydrogen) atoms. The maximum Gasteiger partial charge on any atom is 0.224 e. The first-order valence-corrected chi connectivity index (χ1v) is 7.32. The highest BCUT2D eigenvalue weighted by molar-refractivity contribution is 7.09. The van der Waals surface area contributed by atoms with Crippen molar-refractivity contribution in [2.75, 3.05) is 10.6 Å². The normalized spacial score (nSPS) is 10.2. The van der Waals surface area contributed by atoms with Gasteiger partial charge in [-0.15, -0.1) is 11.3 Å². The molecule has 0 unspecified atom stereocenters. The molecule has 0 aliphatic heterocycles. The Morgan fingerprint density at radius 1 is 1.24 bits per heavy atom. The maximum absolute atomic E-state index is 13.7. The van der Waals surface area contributed by atoms with Crippen molar-refractivity contribution in [2.45, 2.75) is 19.8 Å². The minimum absolute atomic E-state index is 0.0671. The molecule has 0 fully saturated rings. The largest absolute Gasteiger partial charge is 0.326 e. The summed E-state index contributed by atoms with van der Waals surface area (Å²) in [4.78, 5) is 23.9. The number of carbonyl (C=O) groups is 2. The van der Waals surface area contributed by atoms with E-state index in [1.807, 2.05) is 17.5 Å². The van der Waals surface area contributed by atoms with E-state index in [9.17, 15) is 14.0 Å². The second-order valence-electron chi connectivity index (χ2n) is 4.50. The fourth-order valence-corrected chi connectivity index (χ4v) is 2.52. The molecule has 0 spiro atoms. The van der Waals surface area contributed by atoms with Crippen molar-refractivity contribution in [3.63, 3.8) is 0 Å². The Bertz CT molecular complexity index is 641. The van der Waals surface area contributed by atoms with Crippen LogP contribution in [0, 0.1) is 5.82 Å². The van der Waals surface area contributed by atoms with Gasteiger partial charge in [0.1, 0.15) is 5.82 Å². The summed E-state index contributed by atoms with van der Waals surface area (Å²) in [5, 5.41) is 7.02. The summed E-state index contributed by atoms with van der Waals surface area (Å²) in [6, 6.07) is 7.93. The number of halogens is 1. The second-order valence-corrected chi connectivity index (χ2v) is 5.54. The number of hydrogen-bond donors (Lipinski definition) is 2. The van der Waals surface area contributed by atoms with Gasteiger partial charge in [0.05, 0.1) is 5.69 Å². The first kappa shape index (κ1) is 15.2. The van der Waals surface area contributed by atoms with Gasteiger partial charge in [-0.2, -0.15) is 0 Å². The molecule has 0 saturated heterocycles. The van der Waals surface area contributed by atoms with Gasteiger partial charge in [-0.3, -0.25) is 9.59 Å². The van der Waals surface area contributed by atoms with Crippen LogP contribution in [0.3, 0.4) is 0 Å². The van der Waals surface area contributed by atoms with Crippen molar-refractivity contribution in [3.8, 4) is 0 Å². The molecule has 0 saturated carbocycles. The molecule has 0 bridgehead atoms. The zero-order valence-corrected chi connectivity index (χ0v) is 12.3. The van der Waals surface area contributed by atoms with Gasteiger partial charge in [-0.25, -0.2) is 4.39 Å². The Kier molecular flexibility index (Phi) is 5.05. The average molecular weight is 306 g/mol. The quantitative estimate of drug-likeness (QED) is 0.889. The Morgan fingerprint density at radius 3 is 2.71 bits per heavy atom. The number of anilines is 2. The summed E-state index contributed by atoms with van der Waals surface area (Å²) < 4.78 is 13.7. The van der Waals surface area contributed by atoms with Crippen molar-refractivity contribution < 1.29 is 14.0 Å². The third kappa shape index (κ3) is 4.68. The van der Waals surface area contributed by atoms with Crippen molar-refractivity contribution >= 4 is 34.5 Å². The molecule has 1 aromatic carbocycles. The van der Waals surface area contributed by atoms with E-state index in [1.165, 1.54) is 25.1 Å². The van der Waals surface area contributed by atoms with Crippen LogP contribution in [0.25, 0.3) is 0 Å². The zero-order chi connectivity index (χ0) is 15.2. The number of thiophene rings is 1. The van der Waals surface area contributed by atoms with Gasteiger partial charge in [0.2, 0.25) is 11.8 Å². The van der Waals surface area contributed by atoms with Crippen LogP contribution in [-0.2, 0) is 16.0 Å². The summed E-state index contributed by atoms with van der Waals surface area (Å²) in [6.45, 7) is 1.36. The molecule has 1 aromatic heterocycles. The summed E-state index contributed by atoms with van der Waals surface area (Å²) in [6.07, 6.45) is 0.904. The van der Waals surface area contributed by atoms with Crippen LogP contribution in [0.4, 0.5) is 15.8 Å². The van der Waals surface area contributed by atoms with Crippen LogP contribution in [0.2, 0.25) is 0 Å². The van der Waals surface area contributed by atoms with Crippen molar-refractivity contribution in [2.24, 2.45) is 0 Å². The summed E-state index contributed by atoms with van der Waals surface area (Å²) in [7, 11) is 0. The molecule has 2 amide bonds. The van der Waals surface area contributed by atoms with Crippen molar-refractivity contribution in [1.29, 1.82) is 0 Å². The minimum Gasteiger partial charge on any atom is -0.326 e. The SMILES string of the molecule is CC(=O)Nc1ccc(F)c(NC(=O)CCc2cccs2)c1. The predicted octanol–water partition coefficient (Wildman–Crippen LogP) is 3.42. The van der Waals surface area contributed by atoms with E-state index in [4.69, 9.17) is 0 Å². The monoisotopic (exact) mass is 306 g/mol. The first-order valence-electron chi connectivity index (χ1n) is 6.44. The summed E-state index contributed by atoms with van der Waals surface area (Å²) in [5.41, 5.74) is 0.509. The van der Waals surface area contributed by atoms with E-state index in [-0.39, 0.29) is 23.9 Å². The molecule has 2 N–H and O–H groups in total. The van der Waals surface area contributed by atoms with Crippen molar-refractivity contribution in [3.05, 3.63) is 46.4 Å². The Hall–Kier alpha value is -2.21. The highest BCUT2D eigenvalue weighted by Crippen LogP contribution is 2.20. The smallest absolute Gasteiger partial charge is 0.224 e. The maximum atomic E-state index is 13.7. The highest BCUT2D eigenvalue weighted by Gasteiger charge is 2.09. The minimum atomic E-state index is -0.534. The van der Waals surface area contributed by atoms with E-state index < -0.39 is 5.82 Å². The number of nitrogens with one attached hydrogen (secondary N) is 2. The van der Waals surface area contributed by atoms with E-state index in [2.05, 4.69) is 10.6 Å². The number of carbonyl (C=O) groups excluding carboxylic acids is 2. The molecular weight excluding hydrogens is 291 g/mol. The fourth-order valence-electron chi connectivity index (χ4n) is 1.81. The number of aryl methyl sites for hydroxylation is 1. The van der Waals surface area contributed by atoms with Gasteiger partial charge in [-0.1, -0.05) is 6.07 Å². The van der Waals surface area contributed by atoms with Crippen LogP contribution in [0.15, 0.2) is 35.7 Å². The van der Waals surface area contributed by atoms with Crippen LogP contribution < -0.4 is 10.6 Å². The van der Waals surface area contributed by atoms with Crippen LogP contribution in [-0.4, -0.2) is 11.8 Å². The van der Waals surface area contributed by atoms with Gasteiger partial charge in [0, 0.05) is 23.9 Å². The molecule has 0 aliphatic carbocycles. The Labute approximate surface area is 126 Å². The van der Waals surface area contributed by atoms with Crippen molar-refractivity contribution in [1.82, 2.24) is 0 Å². The van der Waals surface area contributed by atoms with Gasteiger partial charge in [-0.05, 0) is 36.1 Å². The predicted molar refractivity (Wildman–Crippen MR) is 82.0 cm³/mol. The van der Waals surface area contributed by atoms with E-state index in [1.54, 1.807) is 11.3 Å². The topological polar surface area (TPSA) is 58.2 Å². The molecule has 0 aliphatic rings.